The number of carbonyl (C=O) groups is 1. The lowest BCUT2D eigenvalue weighted by Crippen LogP contribution is -2.36. The van der Waals surface area contributed by atoms with E-state index in [-0.39, 0.29) is 24.2 Å². The molecule has 0 unspecified atom stereocenters. The van der Waals surface area contributed by atoms with E-state index in [4.69, 9.17) is 10.1 Å². The molecule has 0 aliphatic heterocycles. The zero-order valence-electron chi connectivity index (χ0n) is 21.0. The summed E-state index contributed by atoms with van der Waals surface area (Å²) in [4.78, 5) is 21.8. The Morgan fingerprint density at radius 3 is 2.56 bits per heavy atom. The van der Waals surface area contributed by atoms with Crippen molar-refractivity contribution in [1.29, 1.82) is 0 Å². The van der Waals surface area contributed by atoms with Gasteiger partial charge in [-0.05, 0) is 57.1 Å². The molecule has 2 aromatic heterocycles. The van der Waals surface area contributed by atoms with Crippen molar-refractivity contribution in [2.75, 3.05) is 17.2 Å². The largest absolute Gasteiger partial charge is 0.393 e. The number of nitrogens with one attached hydrogen (secondary N) is 3. The number of rotatable bonds is 8. The van der Waals surface area contributed by atoms with Gasteiger partial charge in [0, 0.05) is 30.0 Å². The van der Waals surface area contributed by atoms with Gasteiger partial charge in [-0.1, -0.05) is 38.3 Å². The zero-order valence-corrected chi connectivity index (χ0v) is 21.0. The molecule has 2 aliphatic carbocycles. The first-order valence-corrected chi connectivity index (χ1v) is 13.5. The summed E-state index contributed by atoms with van der Waals surface area (Å²) < 4.78 is 2.03. The van der Waals surface area contributed by atoms with Crippen molar-refractivity contribution < 1.29 is 9.90 Å². The summed E-state index contributed by atoms with van der Waals surface area (Å²) in [5, 5.41) is 25.2. The number of hydrogen-bond donors (Lipinski definition) is 4. The van der Waals surface area contributed by atoms with Crippen LogP contribution < -0.4 is 16.0 Å². The monoisotopic (exact) mass is 491 g/mol. The van der Waals surface area contributed by atoms with Gasteiger partial charge in [-0.2, -0.15) is 10.1 Å². The second-order valence-electron chi connectivity index (χ2n) is 10.1. The maximum atomic E-state index is 12.3. The van der Waals surface area contributed by atoms with E-state index in [1.165, 1.54) is 12.8 Å². The summed E-state index contributed by atoms with van der Waals surface area (Å²) in [6.45, 7) is 2.99. The molecule has 9 heteroatoms. The Labute approximate surface area is 212 Å². The maximum Gasteiger partial charge on any atom is 0.319 e. The summed E-state index contributed by atoms with van der Waals surface area (Å²) in [7, 11) is 0. The lowest BCUT2D eigenvalue weighted by Gasteiger charge is -2.25. The molecule has 0 saturated heterocycles. The second kappa shape index (κ2) is 11.2. The predicted molar refractivity (Wildman–Crippen MR) is 142 cm³/mol. The molecule has 0 spiro atoms. The molecule has 2 amide bonds. The number of amides is 2. The average molecular weight is 492 g/mol. The first-order chi connectivity index (χ1) is 17.6. The third-order valence-corrected chi connectivity index (χ3v) is 7.38. The van der Waals surface area contributed by atoms with Crippen LogP contribution in [0.4, 0.5) is 16.4 Å². The molecular weight excluding hydrogens is 454 g/mol. The molecule has 9 nitrogen and oxygen atoms in total. The molecule has 0 bridgehead atoms. The predicted octanol–water partition coefficient (Wildman–Crippen LogP) is 5.25. The summed E-state index contributed by atoms with van der Waals surface area (Å²) in [6.07, 6.45) is 11.6. The summed E-state index contributed by atoms with van der Waals surface area (Å²) in [5.41, 5.74) is 3.35. The van der Waals surface area contributed by atoms with Crippen molar-refractivity contribution in [2.24, 2.45) is 0 Å². The fraction of sp³-hybridized carbons (Fsp3) is 0.556. The molecule has 2 aliphatic rings. The second-order valence-corrected chi connectivity index (χ2v) is 10.1. The summed E-state index contributed by atoms with van der Waals surface area (Å²) in [5.74, 6) is 0.618. The van der Waals surface area contributed by atoms with E-state index >= 15 is 0 Å². The van der Waals surface area contributed by atoms with Gasteiger partial charge in [-0.15, -0.1) is 0 Å². The van der Waals surface area contributed by atoms with Crippen molar-refractivity contribution >= 4 is 28.7 Å². The fourth-order valence-corrected chi connectivity index (χ4v) is 5.29. The fourth-order valence-electron chi connectivity index (χ4n) is 5.29. The first kappa shape index (κ1) is 24.5. The Bertz CT molecular complexity index is 1160. The number of aromatic nitrogens is 4. The van der Waals surface area contributed by atoms with Crippen LogP contribution in [0.25, 0.3) is 22.3 Å². The van der Waals surface area contributed by atoms with Gasteiger partial charge >= 0.3 is 6.03 Å². The Morgan fingerprint density at radius 1 is 1.08 bits per heavy atom. The summed E-state index contributed by atoms with van der Waals surface area (Å²) in [6, 6.07) is 8.11. The van der Waals surface area contributed by atoms with Crippen LogP contribution >= 0.6 is 0 Å². The van der Waals surface area contributed by atoms with Crippen LogP contribution in [0.2, 0.25) is 0 Å². The highest BCUT2D eigenvalue weighted by molar-refractivity contribution is 5.93. The number of hydrogen-bond acceptors (Lipinski definition) is 6. The molecule has 2 saturated carbocycles. The Hall–Kier alpha value is -3.20. The Morgan fingerprint density at radius 2 is 1.83 bits per heavy atom. The standard InChI is InChI=1S/C27H37N7O2/c1-2-3-16-28-26-29-17-23-24(33-34(25(23)32-26)21-12-14-22(35)15-13-21)18-8-10-20(11-9-18)31-27(36)30-19-6-4-5-7-19/h8-11,17,19,21-22,35H,2-7,12-16H2,1H3,(H,28,29,32)(H2,30,31,36)/t21-,22-. The number of fused-ring (bicyclic) bond motifs is 1. The molecular formula is C27H37N7O2. The molecule has 4 N–H and O–H groups in total. The van der Waals surface area contributed by atoms with Crippen LogP contribution in [-0.2, 0) is 0 Å². The number of nitrogens with zero attached hydrogens (tertiary/aromatic N) is 4. The molecule has 0 atom stereocenters. The van der Waals surface area contributed by atoms with Gasteiger partial charge in [0.15, 0.2) is 5.65 Å². The lowest BCUT2D eigenvalue weighted by atomic mass is 9.93. The molecule has 192 valence electrons. The molecule has 2 fully saturated rings. The van der Waals surface area contributed by atoms with Gasteiger partial charge in [0.05, 0.1) is 17.5 Å². The zero-order chi connectivity index (χ0) is 24.9. The molecule has 1 aromatic carbocycles. The van der Waals surface area contributed by atoms with Gasteiger partial charge in [0.1, 0.15) is 5.69 Å². The van der Waals surface area contributed by atoms with Gasteiger partial charge < -0.3 is 21.1 Å². The van der Waals surface area contributed by atoms with Gasteiger partial charge in [0.2, 0.25) is 5.95 Å². The van der Waals surface area contributed by atoms with Crippen molar-refractivity contribution in [3.05, 3.63) is 30.5 Å². The number of urea groups is 1. The molecule has 5 rings (SSSR count). The number of anilines is 2. The van der Waals surface area contributed by atoms with Crippen molar-refractivity contribution in [2.45, 2.75) is 89.3 Å². The number of carbonyl (C=O) groups excluding carboxylic acids is 1. The minimum atomic E-state index is -0.227. The third-order valence-electron chi connectivity index (χ3n) is 7.38. The Balaban J connectivity index is 1.39. The molecule has 3 aromatic rings. The van der Waals surface area contributed by atoms with E-state index in [0.717, 1.165) is 85.9 Å². The number of benzene rings is 1. The van der Waals surface area contributed by atoms with Crippen LogP contribution in [0, 0.1) is 0 Å². The maximum absolute atomic E-state index is 12.3. The highest BCUT2D eigenvalue weighted by Gasteiger charge is 2.25. The minimum Gasteiger partial charge on any atom is -0.393 e. The summed E-state index contributed by atoms with van der Waals surface area (Å²) >= 11 is 0. The number of unbranched alkanes of at least 4 members (excludes halogenated alkanes) is 1. The number of aliphatic hydroxyl groups excluding tert-OH is 1. The quantitative estimate of drug-likeness (QED) is 0.320. The van der Waals surface area contributed by atoms with E-state index in [0.29, 0.717) is 5.95 Å². The van der Waals surface area contributed by atoms with E-state index < -0.39 is 0 Å². The normalized spacial score (nSPS) is 20.5. The highest BCUT2D eigenvalue weighted by atomic mass is 16.3. The van der Waals surface area contributed by atoms with Crippen molar-refractivity contribution in [1.82, 2.24) is 25.1 Å². The lowest BCUT2D eigenvalue weighted by molar-refractivity contribution is 0.109. The van der Waals surface area contributed by atoms with Crippen LogP contribution in [0.1, 0.15) is 77.2 Å². The minimum absolute atomic E-state index is 0.152. The SMILES string of the molecule is CCCCNc1ncc2c(-c3ccc(NC(=O)NC4CCCC4)cc3)nn([C@H]3CC[C@H](O)CC3)c2n1. The van der Waals surface area contributed by atoms with Crippen molar-refractivity contribution in [3.8, 4) is 11.3 Å². The molecule has 2 heterocycles. The van der Waals surface area contributed by atoms with E-state index in [1.54, 1.807) is 0 Å². The van der Waals surface area contributed by atoms with Gasteiger partial charge in [0.25, 0.3) is 0 Å². The van der Waals surface area contributed by atoms with Crippen LogP contribution in [-0.4, -0.2) is 49.6 Å². The van der Waals surface area contributed by atoms with Crippen LogP contribution in [0.15, 0.2) is 30.5 Å². The highest BCUT2D eigenvalue weighted by Crippen LogP contribution is 2.35. The van der Waals surface area contributed by atoms with Gasteiger partial charge in [-0.25, -0.2) is 14.5 Å². The smallest absolute Gasteiger partial charge is 0.319 e. The molecule has 0 radical (unpaired) electrons. The van der Waals surface area contributed by atoms with E-state index in [2.05, 4.69) is 27.9 Å². The molecule has 36 heavy (non-hydrogen) atoms. The van der Waals surface area contributed by atoms with Crippen LogP contribution in [0.3, 0.4) is 0 Å². The van der Waals surface area contributed by atoms with E-state index in [1.807, 2.05) is 35.1 Å². The Kier molecular flexibility index (Phi) is 7.65. The third kappa shape index (κ3) is 5.61. The average Bonchev–Trinajstić information content (AvgIpc) is 3.53. The van der Waals surface area contributed by atoms with Gasteiger partial charge in [-0.3, -0.25) is 0 Å². The topological polar surface area (TPSA) is 117 Å². The number of aliphatic hydroxyl groups is 1. The van der Waals surface area contributed by atoms with Crippen LogP contribution in [0.5, 0.6) is 0 Å². The first-order valence-electron chi connectivity index (χ1n) is 13.5. The van der Waals surface area contributed by atoms with E-state index in [9.17, 15) is 9.90 Å². The van der Waals surface area contributed by atoms with Crippen molar-refractivity contribution in [3.63, 3.8) is 0 Å².